The highest BCUT2D eigenvalue weighted by Gasteiger charge is 2.09. The van der Waals surface area contributed by atoms with E-state index in [1.54, 1.807) is 0 Å². The molecule has 4 heteroatoms. The molecule has 148 valence electrons. The van der Waals surface area contributed by atoms with Crippen LogP contribution in [0.3, 0.4) is 0 Å². The van der Waals surface area contributed by atoms with Crippen LogP contribution in [0, 0.1) is 0 Å². The maximum atomic E-state index is 11.3. The van der Waals surface area contributed by atoms with E-state index in [0.29, 0.717) is 6.54 Å². The van der Waals surface area contributed by atoms with Gasteiger partial charge < -0.3 is 11.1 Å². The number of anilines is 1. The van der Waals surface area contributed by atoms with Gasteiger partial charge in [0.2, 0.25) is 5.91 Å². The van der Waals surface area contributed by atoms with Gasteiger partial charge in [0, 0.05) is 30.3 Å². The lowest BCUT2D eigenvalue weighted by Gasteiger charge is -2.11. The van der Waals surface area contributed by atoms with Gasteiger partial charge in [0.15, 0.2) is 0 Å². The van der Waals surface area contributed by atoms with Crippen LogP contribution in [0.25, 0.3) is 33.6 Å². The highest BCUT2D eigenvalue weighted by Crippen LogP contribution is 2.30. The number of nitrogens with two attached hydrogens (primary N) is 1. The van der Waals surface area contributed by atoms with Gasteiger partial charge in [-0.2, -0.15) is 0 Å². The van der Waals surface area contributed by atoms with Crippen molar-refractivity contribution in [2.75, 3.05) is 5.32 Å². The molecule has 1 aromatic heterocycles. The van der Waals surface area contributed by atoms with Crippen LogP contribution in [0.2, 0.25) is 0 Å². The number of carbonyl (C=O) groups is 1. The molecule has 1 amide bonds. The summed E-state index contributed by atoms with van der Waals surface area (Å²) in [4.78, 5) is 16.2. The van der Waals surface area contributed by atoms with Gasteiger partial charge in [-0.3, -0.25) is 4.79 Å². The Balaban J connectivity index is 1.80. The van der Waals surface area contributed by atoms with Crippen LogP contribution in [0.1, 0.15) is 12.5 Å². The average Bonchev–Trinajstić information content (AvgIpc) is 2.79. The minimum absolute atomic E-state index is 0.0878. The summed E-state index contributed by atoms with van der Waals surface area (Å²) in [5, 5.41) is 2.80. The molecule has 1 heterocycles. The Morgan fingerprint density at radius 1 is 0.767 bits per heavy atom. The summed E-state index contributed by atoms with van der Waals surface area (Å²) < 4.78 is 0. The van der Waals surface area contributed by atoms with Gasteiger partial charge in [0.25, 0.3) is 0 Å². The summed E-state index contributed by atoms with van der Waals surface area (Å²) in [6.07, 6.45) is 0. The Labute approximate surface area is 176 Å². The molecule has 0 radical (unpaired) electrons. The fraction of sp³-hybridized carbons (Fsp3) is 0.0769. The molecule has 0 bridgehead atoms. The van der Waals surface area contributed by atoms with Crippen molar-refractivity contribution in [1.29, 1.82) is 0 Å². The van der Waals surface area contributed by atoms with E-state index in [1.807, 2.05) is 42.5 Å². The number of benzene rings is 3. The van der Waals surface area contributed by atoms with Crippen molar-refractivity contribution in [2.24, 2.45) is 5.73 Å². The third kappa shape index (κ3) is 4.45. The van der Waals surface area contributed by atoms with Crippen LogP contribution in [0.4, 0.5) is 5.69 Å². The predicted octanol–water partition coefficient (Wildman–Crippen LogP) is 5.50. The average molecular weight is 393 g/mol. The summed E-state index contributed by atoms with van der Waals surface area (Å²) in [6, 6.07) is 30.4. The van der Waals surface area contributed by atoms with Crippen molar-refractivity contribution < 1.29 is 4.79 Å². The van der Waals surface area contributed by atoms with Crippen molar-refractivity contribution in [3.63, 3.8) is 0 Å². The topological polar surface area (TPSA) is 68.0 Å². The third-order valence-corrected chi connectivity index (χ3v) is 4.92. The van der Waals surface area contributed by atoms with Gasteiger partial charge in [0.1, 0.15) is 0 Å². The molecule has 0 spiro atoms. The molecule has 3 N–H and O–H groups in total. The number of pyridine rings is 1. The summed E-state index contributed by atoms with van der Waals surface area (Å²) in [5.41, 5.74) is 13.7. The van der Waals surface area contributed by atoms with Gasteiger partial charge in [-0.05, 0) is 41.0 Å². The van der Waals surface area contributed by atoms with Crippen molar-refractivity contribution in [1.82, 2.24) is 4.98 Å². The zero-order valence-corrected chi connectivity index (χ0v) is 16.8. The minimum atomic E-state index is -0.0878. The first kappa shape index (κ1) is 19.6. The summed E-state index contributed by atoms with van der Waals surface area (Å²) in [5.74, 6) is -0.0878. The predicted molar refractivity (Wildman–Crippen MR) is 123 cm³/mol. The molecule has 0 saturated heterocycles. The molecule has 4 nitrogen and oxygen atoms in total. The van der Waals surface area contributed by atoms with Gasteiger partial charge >= 0.3 is 0 Å². The second kappa shape index (κ2) is 8.72. The molecular weight excluding hydrogens is 370 g/mol. The van der Waals surface area contributed by atoms with Crippen LogP contribution in [0.5, 0.6) is 0 Å². The maximum absolute atomic E-state index is 11.3. The number of carbonyl (C=O) groups excluding carboxylic acids is 1. The largest absolute Gasteiger partial charge is 0.326 e. The number of nitrogens with zero attached hydrogens (tertiary/aromatic N) is 1. The SMILES string of the molecule is CC(=O)Nc1ccc(-c2cc(-c3ccc(CN)cc3)cc(-c3ccccc3)n2)cc1. The second-order valence-corrected chi connectivity index (χ2v) is 7.15. The van der Waals surface area contributed by atoms with Gasteiger partial charge in [0.05, 0.1) is 11.4 Å². The Morgan fingerprint density at radius 3 is 1.90 bits per heavy atom. The monoisotopic (exact) mass is 393 g/mol. The highest BCUT2D eigenvalue weighted by molar-refractivity contribution is 5.89. The van der Waals surface area contributed by atoms with E-state index in [2.05, 4.69) is 53.8 Å². The minimum Gasteiger partial charge on any atom is -0.326 e. The molecule has 30 heavy (non-hydrogen) atoms. The number of nitrogens with one attached hydrogen (secondary N) is 1. The molecule has 4 aromatic rings. The Hall–Kier alpha value is -3.76. The molecule has 0 aliphatic rings. The number of hydrogen-bond acceptors (Lipinski definition) is 3. The molecule has 0 atom stereocenters. The van der Waals surface area contributed by atoms with E-state index >= 15 is 0 Å². The Kier molecular flexibility index (Phi) is 5.68. The van der Waals surface area contributed by atoms with Crippen LogP contribution in [-0.2, 0) is 11.3 Å². The fourth-order valence-corrected chi connectivity index (χ4v) is 3.36. The first-order valence-corrected chi connectivity index (χ1v) is 9.87. The standard InChI is InChI=1S/C26H23N3O/c1-18(30)28-24-13-11-22(12-14-24)26-16-23(20-9-7-19(17-27)8-10-20)15-25(29-26)21-5-3-2-4-6-21/h2-16H,17,27H2,1H3,(H,28,30). The second-order valence-electron chi connectivity index (χ2n) is 7.15. The lowest BCUT2D eigenvalue weighted by Crippen LogP contribution is -2.05. The van der Waals surface area contributed by atoms with Crippen LogP contribution in [-0.4, -0.2) is 10.9 Å². The lowest BCUT2D eigenvalue weighted by molar-refractivity contribution is -0.114. The maximum Gasteiger partial charge on any atom is 0.221 e. The van der Waals surface area contributed by atoms with Gasteiger partial charge in [-0.15, -0.1) is 0 Å². The number of amides is 1. The summed E-state index contributed by atoms with van der Waals surface area (Å²) in [7, 11) is 0. The molecule has 0 aliphatic heterocycles. The van der Waals surface area contributed by atoms with E-state index in [1.165, 1.54) is 6.92 Å². The summed E-state index contributed by atoms with van der Waals surface area (Å²) >= 11 is 0. The van der Waals surface area contributed by atoms with Crippen LogP contribution >= 0.6 is 0 Å². The van der Waals surface area contributed by atoms with E-state index in [-0.39, 0.29) is 5.91 Å². The first-order chi connectivity index (χ1) is 14.6. The molecule has 0 fully saturated rings. The quantitative estimate of drug-likeness (QED) is 0.470. The van der Waals surface area contributed by atoms with E-state index < -0.39 is 0 Å². The van der Waals surface area contributed by atoms with E-state index in [9.17, 15) is 4.79 Å². The van der Waals surface area contributed by atoms with Crippen molar-refractivity contribution in [2.45, 2.75) is 13.5 Å². The number of aromatic nitrogens is 1. The molecule has 0 aliphatic carbocycles. The number of hydrogen-bond donors (Lipinski definition) is 2. The highest BCUT2D eigenvalue weighted by atomic mass is 16.1. The lowest BCUT2D eigenvalue weighted by atomic mass is 9.99. The van der Waals surface area contributed by atoms with Crippen LogP contribution < -0.4 is 11.1 Å². The van der Waals surface area contributed by atoms with Crippen LogP contribution in [0.15, 0.2) is 91.0 Å². The Morgan fingerprint density at radius 2 is 1.33 bits per heavy atom. The molecule has 3 aromatic carbocycles. The molecular formula is C26H23N3O. The van der Waals surface area contributed by atoms with Gasteiger partial charge in [-0.1, -0.05) is 66.7 Å². The van der Waals surface area contributed by atoms with E-state index in [0.717, 1.165) is 44.9 Å². The van der Waals surface area contributed by atoms with Crippen molar-refractivity contribution in [3.8, 4) is 33.6 Å². The fourth-order valence-electron chi connectivity index (χ4n) is 3.36. The molecule has 0 unspecified atom stereocenters. The Bertz CT molecular complexity index is 1150. The third-order valence-electron chi connectivity index (χ3n) is 4.92. The zero-order chi connectivity index (χ0) is 20.9. The normalized spacial score (nSPS) is 10.6. The van der Waals surface area contributed by atoms with Gasteiger partial charge in [-0.25, -0.2) is 4.98 Å². The number of rotatable bonds is 5. The van der Waals surface area contributed by atoms with Crippen molar-refractivity contribution in [3.05, 3.63) is 96.6 Å². The molecule has 0 saturated carbocycles. The molecule has 4 rings (SSSR count). The summed E-state index contributed by atoms with van der Waals surface area (Å²) in [6.45, 7) is 2.03. The van der Waals surface area contributed by atoms with E-state index in [4.69, 9.17) is 10.7 Å². The van der Waals surface area contributed by atoms with Crippen molar-refractivity contribution >= 4 is 11.6 Å². The smallest absolute Gasteiger partial charge is 0.221 e. The first-order valence-electron chi connectivity index (χ1n) is 9.87. The zero-order valence-electron chi connectivity index (χ0n) is 16.8.